The maximum Gasteiger partial charge on any atom is 0.323 e. The van der Waals surface area contributed by atoms with Gasteiger partial charge < -0.3 is 39.0 Å². The Bertz CT molecular complexity index is 2090. The van der Waals surface area contributed by atoms with Gasteiger partial charge in [0.15, 0.2) is 0 Å². The minimum Gasteiger partial charge on any atom is -0.493 e. The van der Waals surface area contributed by atoms with Gasteiger partial charge in [-0.1, -0.05) is 59.6 Å². The summed E-state index contributed by atoms with van der Waals surface area (Å²) in [5, 5.41) is 33.1. The van der Waals surface area contributed by atoms with E-state index < -0.39 is 30.3 Å². The molecule has 0 radical (unpaired) electrons. The number of ether oxygens (including phenoxy) is 5. The molecule has 4 N–H and O–H groups in total. The van der Waals surface area contributed by atoms with Crippen molar-refractivity contribution in [3.63, 3.8) is 0 Å². The molecule has 11 nitrogen and oxygen atoms in total. The van der Waals surface area contributed by atoms with Crippen molar-refractivity contribution in [3.05, 3.63) is 104 Å². The molecule has 6 atom stereocenters. The SMILES string of the molecule is CCOc1cc(O[C@H]2CCc3c(-c4cccc5c4CC[C@@H]5Oc4cc(OCC)c(CN[C@H](C(=O)O)[C@@H](C)O)cc4Cl)cccc32)c(Cl)cc1CC[C@H](OC=O)[C@@H](C)O. The fourth-order valence-corrected chi connectivity index (χ4v) is 8.47. The monoisotopic (exact) mass is 835 g/mol. The predicted molar refractivity (Wildman–Crippen MR) is 221 cm³/mol. The molecule has 6 rings (SSSR count). The smallest absolute Gasteiger partial charge is 0.323 e. The second-order valence-corrected chi connectivity index (χ2v) is 15.5. The van der Waals surface area contributed by atoms with Crippen molar-refractivity contribution >= 4 is 35.6 Å². The second kappa shape index (κ2) is 19.5. The van der Waals surface area contributed by atoms with Crippen molar-refractivity contribution in [1.29, 1.82) is 0 Å². The highest BCUT2D eigenvalue weighted by molar-refractivity contribution is 6.32. The summed E-state index contributed by atoms with van der Waals surface area (Å²) >= 11 is 13.6. The number of rotatable bonds is 20. The summed E-state index contributed by atoms with van der Waals surface area (Å²) in [5.74, 6) is 0.990. The summed E-state index contributed by atoms with van der Waals surface area (Å²) in [6, 6.07) is 18.6. The molecule has 0 unspecified atom stereocenters. The van der Waals surface area contributed by atoms with Gasteiger partial charge in [-0.2, -0.15) is 0 Å². The first-order chi connectivity index (χ1) is 27.9. The molecule has 2 aliphatic rings. The highest BCUT2D eigenvalue weighted by Crippen LogP contribution is 2.47. The van der Waals surface area contributed by atoms with E-state index in [0.29, 0.717) is 71.1 Å². The highest BCUT2D eigenvalue weighted by atomic mass is 35.5. The zero-order valence-corrected chi connectivity index (χ0v) is 34.6. The van der Waals surface area contributed by atoms with Gasteiger partial charge in [-0.05, 0) is 117 Å². The Labute approximate surface area is 349 Å². The maximum absolute atomic E-state index is 11.6. The largest absolute Gasteiger partial charge is 0.493 e. The quantitative estimate of drug-likeness (QED) is 0.0636. The standard InChI is InChI=1S/C45H51Cl2NO10/c1-5-54-40-21-42(35(46)19-27(40)13-16-37(25(3)50)56-24-49)57-38-17-14-31-29(9-7-11-33(31)38)30-10-8-12-34-32(30)15-18-39(34)58-43-22-41(55-6-2)28(20-36(43)47)23-48-44(26(4)51)45(52)53/h7-12,19-22,24-26,37-39,44,48,50-51H,5-6,13-18,23H2,1-4H3,(H,52,53)/t25-,26-,37+,38+,39+,44+/m1/s1. The number of fused-ring (bicyclic) bond motifs is 2. The van der Waals surface area contributed by atoms with Crippen LogP contribution in [0.1, 0.15) is 92.5 Å². The van der Waals surface area contributed by atoms with Crippen molar-refractivity contribution < 1.29 is 48.6 Å². The third kappa shape index (κ3) is 9.67. The van der Waals surface area contributed by atoms with Crippen LogP contribution in [-0.4, -0.2) is 65.3 Å². The molecule has 0 heterocycles. The van der Waals surface area contributed by atoms with Crippen molar-refractivity contribution in [2.75, 3.05) is 13.2 Å². The van der Waals surface area contributed by atoms with Crippen LogP contribution in [0, 0.1) is 0 Å². The molecule has 4 aromatic carbocycles. The van der Waals surface area contributed by atoms with E-state index in [9.17, 15) is 24.9 Å². The van der Waals surface area contributed by atoms with Crippen LogP contribution in [0.4, 0.5) is 0 Å². The number of aliphatic hydroxyl groups is 2. The molecule has 310 valence electrons. The molecule has 0 amide bonds. The van der Waals surface area contributed by atoms with Crippen LogP contribution in [0.5, 0.6) is 23.0 Å². The predicted octanol–water partition coefficient (Wildman–Crippen LogP) is 8.37. The summed E-state index contributed by atoms with van der Waals surface area (Å²) in [4.78, 5) is 22.6. The van der Waals surface area contributed by atoms with Crippen LogP contribution in [-0.2, 0) is 40.1 Å². The number of nitrogens with one attached hydrogen (secondary N) is 1. The molecule has 0 saturated heterocycles. The summed E-state index contributed by atoms with van der Waals surface area (Å²) < 4.78 is 30.2. The molecular weight excluding hydrogens is 785 g/mol. The summed E-state index contributed by atoms with van der Waals surface area (Å²) in [5.41, 5.74) is 8.46. The first-order valence-corrected chi connectivity index (χ1v) is 20.6. The van der Waals surface area contributed by atoms with E-state index >= 15 is 0 Å². The van der Waals surface area contributed by atoms with Crippen LogP contribution < -0.4 is 24.3 Å². The van der Waals surface area contributed by atoms with Crippen LogP contribution in [0.15, 0.2) is 60.7 Å². The first kappa shape index (κ1) is 43.1. The van der Waals surface area contributed by atoms with Crippen LogP contribution >= 0.6 is 23.2 Å². The lowest BCUT2D eigenvalue weighted by Crippen LogP contribution is -2.44. The Morgan fingerprint density at radius 1 is 0.793 bits per heavy atom. The molecule has 0 fully saturated rings. The van der Waals surface area contributed by atoms with E-state index in [0.717, 1.165) is 53.5 Å². The van der Waals surface area contributed by atoms with Gasteiger partial charge in [0.2, 0.25) is 0 Å². The van der Waals surface area contributed by atoms with E-state index in [1.807, 2.05) is 26.0 Å². The molecule has 58 heavy (non-hydrogen) atoms. The first-order valence-electron chi connectivity index (χ1n) is 19.8. The zero-order chi connectivity index (χ0) is 41.5. The van der Waals surface area contributed by atoms with E-state index in [-0.39, 0.29) is 18.8 Å². The highest BCUT2D eigenvalue weighted by Gasteiger charge is 2.32. The lowest BCUT2D eigenvalue weighted by atomic mass is 9.91. The van der Waals surface area contributed by atoms with Gasteiger partial charge in [0, 0.05) is 24.2 Å². The molecule has 0 bridgehead atoms. The number of halogens is 2. The number of aliphatic carboxylic acids is 1. The zero-order valence-electron chi connectivity index (χ0n) is 33.1. The average molecular weight is 837 g/mol. The van der Waals surface area contributed by atoms with Crippen LogP contribution in [0.2, 0.25) is 10.0 Å². The van der Waals surface area contributed by atoms with Gasteiger partial charge in [-0.25, -0.2) is 0 Å². The molecule has 0 spiro atoms. The summed E-state index contributed by atoms with van der Waals surface area (Å²) in [6.07, 6.45) is 1.04. The maximum atomic E-state index is 11.6. The number of carbonyl (C=O) groups excluding carboxylic acids is 1. The van der Waals surface area contributed by atoms with Crippen molar-refractivity contribution in [2.24, 2.45) is 0 Å². The molecule has 2 aliphatic carbocycles. The molecule has 0 aliphatic heterocycles. The van der Waals surface area contributed by atoms with Crippen molar-refractivity contribution in [2.45, 2.75) is 109 Å². The lowest BCUT2D eigenvalue weighted by molar-refractivity contribution is -0.142. The van der Waals surface area contributed by atoms with Gasteiger partial charge in [-0.3, -0.25) is 14.9 Å². The van der Waals surface area contributed by atoms with Gasteiger partial charge in [0.05, 0.1) is 35.5 Å². The number of carbonyl (C=O) groups is 2. The van der Waals surface area contributed by atoms with Gasteiger partial charge >= 0.3 is 5.97 Å². The summed E-state index contributed by atoms with van der Waals surface area (Å²) in [6.45, 7) is 8.08. The molecule has 0 aromatic heterocycles. The van der Waals surface area contributed by atoms with Crippen molar-refractivity contribution in [1.82, 2.24) is 5.32 Å². The minimum atomic E-state index is -1.15. The van der Waals surface area contributed by atoms with E-state index in [1.54, 1.807) is 19.1 Å². The van der Waals surface area contributed by atoms with Crippen molar-refractivity contribution in [3.8, 4) is 34.1 Å². The number of benzene rings is 4. The van der Waals surface area contributed by atoms with Crippen LogP contribution in [0.25, 0.3) is 11.1 Å². The number of carboxylic acid groups (broad SMARTS) is 1. The Kier molecular flexibility index (Phi) is 14.5. The fraction of sp³-hybridized carbons (Fsp3) is 0.422. The Balaban J connectivity index is 1.21. The van der Waals surface area contributed by atoms with E-state index in [1.165, 1.54) is 18.1 Å². The average Bonchev–Trinajstić information content (AvgIpc) is 3.80. The number of hydrogen-bond acceptors (Lipinski definition) is 10. The summed E-state index contributed by atoms with van der Waals surface area (Å²) in [7, 11) is 0. The molecule has 13 heteroatoms. The second-order valence-electron chi connectivity index (χ2n) is 14.7. The van der Waals surface area contributed by atoms with Gasteiger partial charge in [0.1, 0.15) is 47.4 Å². The minimum absolute atomic E-state index is 0.125. The Morgan fingerprint density at radius 2 is 1.31 bits per heavy atom. The Hall–Kier alpha value is -4.52. The number of carboxylic acids is 1. The van der Waals surface area contributed by atoms with Crippen LogP contribution in [0.3, 0.4) is 0 Å². The number of aliphatic hydroxyl groups excluding tert-OH is 2. The topological polar surface area (TPSA) is 153 Å². The molecule has 0 saturated carbocycles. The fourth-order valence-electron chi connectivity index (χ4n) is 8.01. The molecule has 4 aromatic rings. The van der Waals surface area contributed by atoms with Gasteiger partial charge in [0.25, 0.3) is 6.47 Å². The van der Waals surface area contributed by atoms with E-state index in [2.05, 4.69) is 41.7 Å². The van der Waals surface area contributed by atoms with E-state index in [4.69, 9.17) is 46.9 Å². The number of aryl methyl sites for hydroxylation is 1. The number of hydrogen-bond donors (Lipinski definition) is 4. The Morgan fingerprint density at radius 3 is 1.78 bits per heavy atom. The molecular formula is C45H51Cl2NO10. The normalized spacial score (nSPS) is 17.7. The third-order valence-electron chi connectivity index (χ3n) is 10.8. The van der Waals surface area contributed by atoms with Gasteiger partial charge in [-0.15, -0.1) is 0 Å². The lowest BCUT2D eigenvalue weighted by Gasteiger charge is -2.21. The third-order valence-corrected chi connectivity index (χ3v) is 11.4.